The maximum Gasteiger partial charge on any atom is 0.157 e. The summed E-state index contributed by atoms with van der Waals surface area (Å²) >= 11 is 0. The van der Waals surface area contributed by atoms with Crippen molar-refractivity contribution < 1.29 is 4.79 Å². The molecule has 5 nitrogen and oxygen atoms in total. The second kappa shape index (κ2) is 5.02. The van der Waals surface area contributed by atoms with Crippen molar-refractivity contribution in [2.75, 3.05) is 0 Å². The lowest BCUT2D eigenvalue weighted by Crippen LogP contribution is -2.38. The van der Waals surface area contributed by atoms with Crippen molar-refractivity contribution in [2.45, 2.75) is 32.7 Å². The molecule has 0 aromatic carbocycles. The number of aryl methyl sites for hydroxylation is 1. The van der Waals surface area contributed by atoms with Crippen LogP contribution in [0.15, 0.2) is 6.33 Å². The summed E-state index contributed by atoms with van der Waals surface area (Å²) in [5.74, 6) is 0.907. The van der Waals surface area contributed by atoms with E-state index in [-0.39, 0.29) is 18.1 Å². The van der Waals surface area contributed by atoms with Gasteiger partial charge in [-0.15, -0.1) is 0 Å². The molecule has 1 aromatic rings. The highest BCUT2D eigenvalue weighted by atomic mass is 16.1. The molecule has 0 spiro atoms. The van der Waals surface area contributed by atoms with E-state index in [9.17, 15) is 4.79 Å². The SMILES string of the molecule is CCC(C)C(N)C(=O)Cc1ncnn1C. The van der Waals surface area contributed by atoms with Crippen LogP contribution in [-0.4, -0.2) is 26.6 Å². The van der Waals surface area contributed by atoms with Crippen LogP contribution in [0.4, 0.5) is 0 Å². The Hall–Kier alpha value is -1.23. The number of carbonyl (C=O) groups is 1. The van der Waals surface area contributed by atoms with E-state index in [0.29, 0.717) is 5.82 Å². The van der Waals surface area contributed by atoms with Gasteiger partial charge >= 0.3 is 0 Å². The maximum absolute atomic E-state index is 11.8. The van der Waals surface area contributed by atoms with E-state index in [1.165, 1.54) is 6.33 Å². The molecule has 0 amide bonds. The second-order valence-corrected chi connectivity index (χ2v) is 3.85. The van der Waals surface area contributed by atoms with Crippen molar-refractivity contribution in [3.8, 4) is 0 Å². The van der Waals surface area contributed by atoms with Crippen molar-refractivity contribution in [3.05, 3.63) is 12.2 Å². The first-order valence-corrected chi connectivity index (χ1v) is 5.17. The van der Waals surface area contributed by atoms with Crippen LogP contribution < -0.4 is 5.73 Å². The van der Waals surface area contributed by atoms with Gasteiger partial charge in [-0.05, 0) is 5.92 Å². The molecule has 0 aliphatic carbocycles. The minimum atomic E-state index is -0.397. The molecular weight excluding hydrogens is 192 g/mol. The minimum absolute atomic E-state index is 0.0282. The van der Waals surface area contributed by atoms with Crippen LogP contribution in [-0.2, 0) is 18.3 Å². The second-order valence-electron chi connectivity index (χ2n) is 3.85. The summed E-state index contributed by atoms with van der Waals surface area (Å²) in [5.41, 5.74) is 5.83. The molecule has 2 N–H and O–H groups in total. The molecule has 15 heavy (non-hydrogen) atoms. The van der Waals surface area contributed by atoms with Crippen LogP contribution in [0.1, 0.15) is 26.1 Å². The van der Waals surface area contributed by atoms with E-state index in [0.717, 1.165) is 6.42 Å². The molecule has 84 valence electrons. The largest absolute Gasteiger partial charge is 0.321 e. The average Bonchev–Trinajstić information content (AvgIpc) is 2.62. The van der Waals surface area contributed by atoms with Gasteiger partial charge in [-0.1, -0.05) is 20.3 Å². The summed E-state index contributed by atoms with van der Waals surface area (Å²) in [6, 6.07) is -0.397. The Morgan fingerprint density at radius 2 is 2.33 bits per heavy atom. The Balaban J connectivity index is 2.60. The fourth-order valence-electron chi connectivity index (χ4n) is 1.33. The summed E-state index contributed by atoms with van der Waals surface area (Å²) in [6.07, 6.45) is 2.62. The first-order chi connectivity index (χ1) is 7.06. The van der Waals surface area contributed by atoms with E-state index in [4.69, 9.17) is 5.73 Å². The monoisotopic (exact) mass is 210 g/mol. The number of hydrogen-bond acceptors (Lipinski definition) is 4. The number of nitrogens with zero attached hydrogens (tertiary/aromatic N) is 3. The van der Waals surface area contributed by atoms with Crippen LogP contribution in [0.5, 0.6) is 0 Å². The Labute approximate surface area is 89.7 Å². The fourth-order valence-corrected chi connectivity index (χ4v) is 1.33. The van der Waals surface area contributed by atoms with Gasteiger partial charge in [-0.25, -0.2) is 4.98 Å². The van der Waals surface area contributed by atoms with E-state index in [1.54, 1.807) is 11.7 Å². The lowest BCUT2D eigenvalue weighted by atomic mass is 9.95. The molecule has 2 atom stereocenters. The van der Waals surface area contributed by atoms with Crippen LogP contribution in [0.2, 0.25) is 0 Å². The van der Waals surface area contributed by atoms with Crippen LogP contribution in [0, 0.1) is 5.92 Å². The van der Waals surface area contributed by atoms with E-state index in [1.807, 2.05) is 13.8 Å². The molecule has 0 aliphatic rings. The van der Waals surface area contributed by atoms with Crippen molar-refractivity contribution in [1.29, 1.82) is 0 Å². The molecule has 0 bridgehead atoms. The predicted molar refractivity (Wildman–Crippen MR) is 57.1 cm³/mol. The van der Waals surface area contributed by atoms with E-state index in [2.05, 4.69) is 10.1 Å². The van der Waals surface area contributed by atoms with Gasteiger partial charge in [0.05, 0.1) is 12.5 Å². The first-order valence-electron chi connectivity index (χ1n) is 5.17. The van der Waals surface area contributed by atoms with E-state index < -0.39 is 6.04 Å². The average molecular weight is 210 g/mol. The molecule has 0 aliphatic heterocycles. The Bertz CT molecular complexity index is 334. The molecule has 1 aromatic heterocycles. The predicted octanol–water partition coefficient (Wildman–Crippen LogP) is 0.300. The van der Waals surface area contributed by atoms with Crippen LogP contribution in [0.25, 0.3) is 0 Å². The number of ketones is 1. The highest BCUT2D eigenvalue weighted by Gasteiger charge is 2.20. The highest BCUT2D eigenvalue weighted by molar-refractivity contribution is 5.85. The van der Waals surface area contributed by atoms with E-state index >= 15 is 0 Å². The number of hydrogen-bond donors (Lipinski definition) is 1. The van der Waals surface area contributed by atoms with Crippen molar-refractivity contribution in [1.82, 2.24) is 14.8 Å². The lowest BCUT2D eigenvalue weighted by Gasteiger charge is -2.16. The zero-order valence-electron chi connectivity index (χ0n) is 9.47. The number of nitrogens with two attached hydrogens (primary N) is 1. The third-order valence-electron chi connectivity index (χ3n) is 2.77. The molecule has 1 rings (SSSR count). The minimum Gasteiger partial charge on any atom is -0.321 e. The molecule has 0 saturated heterocycles. The molecule has 0 saturated carbocycles. The molecule has 0 radical (unpaired) electrons. The van der Waals surface area contributed by atoms with Crippen LogP contribution >= 0.6 is 0 Å². The van der Waals surface area contributed by atoms with Gasteiger partial charge < -0.3 is 5.73 Å². The van der Waals surface area contributed by atoms with Gasteiger partial charge in [0, 0.05) is 7.05 Å². The summed E-state index contributed by atoms with van der Waals surface area (Å²) in [5, 5.41) is 3.91. The van der Waals surface area contributed by atoms with Crippen molar-refractivity contribution in [2.24, 2.45) is 18.7 Å². The van der Waals surface area contributed by atoms with Gasteiger partial charge in [-0.3, -0.25) is 9.48 Å². The lowest BCUT2D eigenvalue weighted by molar-refractivity contribution is -0.120. The summed E-state index contributed by atoms with van der Waals surface area (Å²) in [6.45, 7) is 4.01. The smallest absolute Gasteiger partial charge is 0.157 e. The van der Waals surface area contributed by atoms with Gasteiger partial charge in [0.15, 0.2) is 5.78 Å². The summed E-state index contributed by atoms with van der Waals surface area (Å²) < 4.78 is 1.60. The Kier molecular flexibility index (Phi) is 3.96. The third kappa shape index (κ3) is 2.86. The summed E-state index contributed by atoms with van der Waals surface area (Å²) in [7, 11) is 1.77. The first kappa shape index (κ1) is 11.8. The van der Waals surface area contributed by atoms with Crippen LogP contribution in [0.3, 0.4) is 0 Å². The third-order valence-corrected chi connectivity index (χ3v) is 2.77. The fraction of sp³-hybridized carbons (Fsp3) is 0.700. The van der Waals surface area contributed by atoms with Gasteiger partial charge in [0.2, 0.25) is 0 Å². The quantitative estimate of drug-likeness (QED) is 0.758. The summed E-state index contributed by atoms with van der Waals surface area (Å²) in [4.78, 5) is 15.8. The highest BCUT2D eigenvalue weighted by Crippen LogP contribution is 2.08. The normalized spacial score (nSPS) is 14.9. The number of rotatable bonds is 5. The molecule has 2 unspecified atom stereocenters. The zero-order chi connectivity index (χ0) is 11.4. The van der Waals surface area contributed by atoms with Crippen molar-refractivity contribution in [3.63, 3.8) is 0 Å². The number of aromatic nitrogens is 3. The maximum atomic E-state index is 11.8. The van der Waals surface area contributed by atoms with Gasteiger partial charge in [0.25, 0.3) is 0 Å². The molecule has 0 fully saturated rings. The molecule has 1 heterocycles. The van der Waals surface area contributed by atoms with Crippen molar-refractivity contribution >= 4 is 5.78 Å². The standard InChI is InChI=1S/C10H18N4O/c1-4-7(2)10(11)8(15)5-9-12-6-13-14(9)3/h6-7,10H,4-5,11H2,1-3H3. The Morgan fingerprint density at radius 1 is 1.67 bits per heavy atom. The topological polar surface area (TPSA) is 73.8 Å². The van der Waals surface area contributed by atoms with Gasteiger partial charge in [-0.2, -0.15) is 5.10 Å². The van der Waals surface area contributed by atoms with Gasteiger partial charge in [0.1, 0.15) is 12.2 Å². The number of carbonyl (C=O) groups excluding carboxylic acids is 1. The molecule has 5 heteroatoms. The number of Topliss-reactive ketones (excluding diaryl/α,β-unsaturated/α-hetero) is 1. The zero-order valence-corrected chi connectivity index (χ0v) is 9.47. The Morgan fingerprint density at radius 3 is 2.80 bits per heavy atom. The molecular formula is C10H18N4O.